The van der Waals surface area contributed by atoms with Gasteiger partial charge in [-0.2, -0.15) is 0 Å². The summed E-state index contributed by atoms with van der Waals surface area (Å²) >= 11 is 3.75. The molecule has 0 amide bonds. The number of hydrogen-bond acceptors (Lipinski definition) is 0. The predicted molar refractivity (Wildman–Crippen MR) is 127 cm³/mol. The highest BCUT2D eigenvalue weighted by Gasteiger charge is 2.13. The fraction of sp³-hybridized carbons (Fsp3) is 0.280. The molecular formula is C25H28BrP. The van der Waals surface area contributed by atoms with E-state index in [9.17, 15) is 0 Å². The molecule has 0 aliphatic heterocycles. The largest absolute Gasteiger partial charge is 0.106 e. The number of hydrogen-bond donors (Lipinski definition) is 0. The summed E-state index contributed by atoms with van der Waals surface area (Å²) in [5.41, 5.74) is 11.9. The Balaban J connectivity index is 2.22. The smallest absolute Gasteiger partial charge is 0.0187 e. The third-order valence-electron chi connectivity index (χ3n) is 5.25. The van der Waals surface area contributed by atoms with Crippen molar-refractivity contribution in [3.8, 4) is 22.3 Å². The Labute approximate surface area is 174 Å². The lowest BCUT2D eigenvalue weighted by atomic mass is 9.88. The highest BCUT2D eigenvalue weighted by molar-refractivity contribution is 9.10. The molecule has 0 saturated heterocycles. The van der Waals surface area contributed by atoms with E-state index in [-0.39, 0.29) is 0 Å². The molecule has 140 valence electrons. The third-order valence-corrected chi connectivity index (χ3v) is 6.04. The monoisotopic (exact) mass is 438 g/mol. The molecule has 0 spiro atoms. The van der Waals surface area contributed by atoms with Crippen LogP contribution in [0.1, 0.15) is 47.6 Å². The molecule has 0 aliphatic rings. The lowest BCUT2D eigenvalue weighted by Gasteiger charge is -2.18. The van der Waals surface area contributed by atoms with Gasteiger partial charge in [-0.25, -0.2) is 0 Å². The van der Waals surface area contributed by atoms with E-state index < -0.39 is 0 Å². The maximum Gasteiger partial charge on any atom is 0.0187 e. The lowest BCUT2D eigenvalue weighted by Crippen LogP contribution is -1.98. The first kappa shape index (κ1) is 20.3. The summed E-state index contributed by atoms with van der Waals surface area (Å²) in [6.07, 6.45) is 0. The van der Waals surface area contributed by atoms with Crippen LogP contribution in [-0.4, -0.2) is 0 Å². The minimum atomic E-state index is 0.547. The van der Waals surface area contributed by atoms with Gasteiger partial charge in [-0.15, -0.1) is 9.24 Å². The van der Waals surface area contributed by atoms with Crippen molar-refractivity contribution in [1.29, 1.82) is 0 Å². The van der Waals surface area contributed by atoms with Gasteiger partial charge in [-0.3, -0.25) is 0 Å². The van der Waals surface area contributed by atoms with Gasteiger partial charge >= 0.3 is 0 Å². The molecule has 1 unspecified atom stereocenters. The van der Waals surface area contributed by atoms with Gasteiger partial charge in [-0.05, 0) is 107 Å². The molecule has 0 fully saturated rings. The van der Waals surface area contributed by atoms with Crippen LogP contribution in [0.3, 0.4) is 0 Å². The van der Waals surface area contributed by atoms with Gasteiger partial charge in [0.15, 0.2) is 0 Å². The molecule has 0 heterocycles. The van der Waals surface area contributed by atoms with E-state index in [1.807, 2.05) is 0 Å². The molecule has 27 heavy (non-hydrogen) atoms. The van der Waals surface area contributed by atoms with Crippen LogP contribution in [0.15, 0.2) is 46.9 Å². The van der Waals surface area contributed by atoms with Crippen LogP contribution in [0.5, 0.6) is 0 Å². The second-order valence-electron chi connectivity index (χ2n) is 7.94. The highest BCUT2D eigenvalue weighted by Crippen LogP contribution is 2.37. The normalized spacial score (nSPS) is 11.3. The third kappa shape index (κ3) is 4.20. The van der Waals surface area contributed by atoms with Crippen molar-refractivity contribution >= 4 is 30.5 Å². The van der Waals surface area contributed by atoms with Gasteiger partial charge in [0.05, 0.1) is 0 Å². The quantitative estimate of drug-likeness (QED) is 0.368. The van der Waals surface area contributed by atoms with E-state index in [1.54, 1.807) is 0 Å². The van der Waals surface area contributed by atoms with Crippen LogP contribution >= 0.6 is 25.2 Å². The predicted octanol–water partition coefficient (Wildman–Crippen LogP) is 7.64. The summed E-state index contributed by atoms with van der Waals surface area (Å²) < 4.78 is 1.12. The average Bonchev–Trinajstić information content (AvgIpc) is 2.52. The Morgan fingerprint density at radius 3 is 1.48 bits per heavy atom. The minimum Gasteiger partial charge on any atom is -0.106 e. The fourth-order valence-corrected chi connectivity index (χ4v) is 5.11. The Kier molecular flexibility index (Phi) is 5.94. The van der Waals surface area contributed by atoms with Crippen molar-refractivity contribution in [3.05, 3.63) is 74.8 Å². The van der Waals surface area contributed by atoms with Crippen molar-refractivity contribution in [2.45, 2.75) is 47.5 Å². The van der Waals surface area contributed by atoms with Gasteiger partial charge in [0.25, 0.3) is 0 Å². The highest BCUT2D eigenvalue weighted by atomic mass is 79.9. The van der Waals surface area contributed by atoms with E-state index in [4.69, 9.17) is 0 Å². The molecule has 3 rings (SSSR count). The van der Waals surface area contributed by atoms with Crippen LogP contribution in [0.4, 0.5) is 0 Å². The number of benzene rings is 3. The second kappa shape index (κ2) is 7.90. The molecule has 3 aromatic rings. The second-order valence-corrected chi connectivity index (χ2v) is 9.53. The maximum atomic E-state index is 3.75. The molecule has 0 aromatic heterocycles. The molecule has 0 nitrogen and oxygen atoms in total. The van der Waals surface area contributed by atoms with Gasteiger partial charge in [0, 0.05) is 4.47 Å². The summed E-state index contributed by atoms with van der Waals surface area (Å²) in [7, 11) is 2.81. The van der Waals surface area contributed by atoms with Crippen LogP contribution in [0, 0.1) is 27.7 Å². The minimum absolute atomic E-state index is 0.547. The van der Waals surface area contributed by atoms with Crippen LogP contribution < -0.4 is 5.30 Å². The van der Waals surface area contributed by atoms with Crippen LogP contribution in [0.2, 0.25) is 0 Å². The van der Waals surface area contributed by atoms with Crippen LogP contribution in [-0.2, 0) is 0 Å². The molecule has 1 atom stereocenters. The topological polar surface area (TPSA) is 0 Å². The number of rotatable bonds is 3. The SMILES string of the molecule is Cc1cc(P)cc(C)c1-c1cc(Br)cc(-c2c(C)cc(C(C)C)cc2C)c1. The van der Waals surface area contributed by atoms with Crippen LogP contribution in [0.25, 0.3) is 22.3 Å². The van der Waals surface area contributed by atoms with Crippen molar-refractivity contribution in [2.24, 2.45) is 0 Å². The van der Waals surface area contributed by atoms with E-state index in [2.05, 4.69) is 109 Å². The summed E-state index contributed by atoms with van der Waals surface area (Å²) in [6.45, 7) is 13.4. The fourth-order valence-electron chi connectivity index (χ4n) is 4.12. The van der Waals surface area contributed by atoms with Crippen molar-refractivity contribution in [3.63, 3.8) is 0 Å². The Morgan fingerprint density at radius 2 is 1.07 bits per heavy atom. The van der Waals surface area contributed by atoms with E-state index in [1.165, 1.54) is 55.4 Å². The number of halogens is 1. The Hall–Kier alpha value is -1.43. The van der Waals surface area contributed by atoms with Crippen molar-refractivity contribution < 1.29 is 0 Å². The molecule has 0 radical (unpaired) electrons. The molecule has 0 N–H and O–H groups in total. The average molecular weight is 439 g/mol. The zero-order chi connectivity index (χ0) is 19.9. The van der Waals surface area contributed by atoms with Gasteiger partial charge < -0.3 is 0 Å². The summed E-state index contributed by atoms with van der Waals surface area (Å²) in [5.74, 6) is 0.547. The molecule has 0 bridgehead atoms. The number of aryl methyl sites for hydroxylation is 4. The summed E-state index contributed by atoms with van der Waals surface area (Å²) in [6, 6.07) is 16.0. The lowest BCUT2D eigenvalue weighted by molar-refractivity contribution is 0.863. The molecule has 3 aromatic carbocycles. The first-order valence-corrected chi connectivity index (χ1v) is 10.8. The van der Waals surface area contributed by atoms with E-state index in [0.717, 1.165) is 4.47 Å². The first-order chi connectivity index (χ1) is 12.7. The first-order valence-electron chi connectivity index (χ1n) is 9.46. The zero-order valence-corrected chi connectivity index (χ0v) is 19.8. The Morgan fingerprint density at radius 1 is 0.667 bits per heavy atom. The molecule has 2 heteroatoms. The van der Waals surface area contributed by atoms with Crippen molar-refractivity contribution in [2.75, 3.05) is 0 Å². The summed E-state index contributed by atoms with van der Waals surface area (Å²) in [4.78, 5) is 0. The molecule has 0 saturated carbocycles. The van der Waals surface area contributed by atoms with Gasteiger partial charge in [0.1, 0.15) is 0 Å². The van der Waals surface area contributed by atoms with Crippen molar-refractivity contribution in [1.82, 2.24) is 0 Å². The van der Waals surface area contributed by atoms with Gasteiger partial charge in [-0.1, -0.05) is 54.0 Å². The molecule has 0 aliphatic carbocycles. The molecular weight excluding hydrogens is 411 g/mol. The summed E-state index contributed by atoms with van der Waals surface area (Å²) in [5, 5.41) is 1.24. The van der Waals surface area contributed by atoms with E-state index >= 15 is 0 Å². The Bertz CT molecular complexity index is 969. The zero-order valence-electron chi connectivity index (χ0n) is 17.1. The maximum absolute atomic E-state index is 3.75. The van der Waals surface area contributed by atoms with Gasteiger partial charge in [0.2, 0.25) is 0 Å². The standard InChI is InChI=1S/C25H28BrP/c1-14(2)19-7-15(3)24(16(4)8-19)20-11-21(13-22(26)12-20)25-17(5)9-23(27)10-18(25)6/h7-14H,27H2,1-6H3. The van der Waals surface area contributed by atoms with E-state index in [0.29, 0.717) is 5.92 Å².